The summed E-state index contributed by atoms with van der Waals surface area (Å²) < 4.78 is 1.83. The fourth-order valence-corrected chi connectivity index (χ4v) is 1.87. The van der Waals surface area contributed by atoms with E-state index in [0.717, 1.165) is 25.0 Å². The lowest BCUT2D eigenvalue weighted by molar-refractivity contribution is -0.121. The van der Waals surface area contributed by atoms with Gasteiger partial charge in [0.05, 0.1) is 0 Å². The maximum Gasteiger partial charge on any atom is 0.220 e. The fourth-order valence-electron chi connectivity index (χ4n) is 1.87. The van der Waals surface area contributed by atoms with Crippen LogP contribution in [0, 0.1) is 5.92 Å². The predicted octanol–water partition coefficient (Wildman–Crippen LogP) is 0.844. The zero-order valence-electron chi connectivity index (χ0n) is 11.4. The van der Waals surface area contributed by atoms with E-state index in [1.54, 1.807) is 6.20 Å². The van der Waals surface area contributed by atoms with Crippen molar-refractivity contribution in [1.29, 1.82) is 0 Å². The second-order valence-electron chi connectivity index (χ2n) is 4.77. The van der Waals surface area contributed by atoms with Crippen molar-refractivity contribution >= 4 is 5.91 Å². The highest BCUT2D eigenvalue weighted by molar-refractivity contribution is 5.75. The van der Waals surface area contributed by atoms with E-state index in [4.69, 9.17) is 5.73 Å². The van der Waals surface area contributed by atoms with Crippen molar-refractivity contribution in [3.63, 3.8) is 0 Å². The van der Waals surface area contributed by atoms with Gasteiger partial charge in [-0.05, 0) is 31.4 Å². The van der Waals surface area contributed by atoms with Crippen LogP contribution in [0.3, 0.4) is 0 Å². The Morgan fingerprint density at radius 3 is 2.94 bits per heavy atom. The van der Waals surface area contributed by atoms with E-state index in [9.17, 15) is 4.79 Å². The molecule has 0 bridgehead atoms. The van der Waals surface area contributed by atoms with Crippen molar-refractivity contribution < 1.29 is 4.79 Å². The van der Waals surface area contributed by atoms with Crippen LogP contribution in [0.2, 0.25) is 0 Å². The normalized spacial score (nSPS) is 12.4. The minimum atomic E-state index is 0.126. The third-order valence-corrected chi connectivity index (χ3v) is 3.15. The number of hydrogen-bond acceptors (Lipinski definition) is 3. The molecule has 1 aromatic heterocycles. The highest BCUT2D eigenvalue weighted by Gasteiger charge is 2.06. The van der Waals surface area contributed by atoms with E-state index in [-0.39, 0.29) is 5.91 Å². The van der Waals surface area contributed by atoms with Crippen LogP contribution >= 0.6 is 0 Å². The van der Waals surface area contributed by atoms with Crippen LogP contribution in [-0.2, 0) is 18.3 Å². The highest BCUT2D eigenvalue weighted by atomic mass is 16.1. The summed E-state index contributed by atoms with van der Waals surface area (Å²) in [7, 11) is 1.91. The van der Waals surface area contributed by atoms with Gasteiger partial charge in [-0.1, -0.05) is 6.92 Å². The Balaban J connectivity index is 2.12. The molecule has 0 radical (unpaired) electrons. The first-order valence-corrected chi connectivity index (χ1v) is 6.57. The van der Waals surface area contributed by atoms with Crippen LogP contribution in [0.15, 0.2) is 12.3 Å². The number of carbonyl (C=O) groups is 1. The van der Waals surface area contributed by atoms with E-state index in [2.05, 4.69) is 17.3 Å². The first-order valence-electron chi connectivity index (χ1n) is 6.57. The Hall–Kier alpha value is -1.36. The number of aromatic nitrogens is 2. The van der Waals surface area contributed by atoms with Gasteiger partial charge in [0.1, 0.15) is 0 Å². The molecule has 0 aliphatic heterocycles. The van der Waals surface area contributed by atoms with Crippen molar-refractivity contribution in [2.75, 3.05) is 13.1 Å². The zero-order valence-corrected chi connectivity index (χ0v) is 11.4. The fraction of sp³-hybridized carbons (Fsp3) is 0.692. The molecule has 1 aromatic rings. The van der Waals surface area contributed by atoms with E-state index in [1.165, 1.54) is 0 Å². The first-order chi connectivity index (χ1) is 8.63. The number of nitrogens with one attached hydrogen (secondary N) is 1. The Morgan fingerprint density at radius 1 is 1.56 bits per heavy atom. The first kappa shape index (κ1) is 14.7. The van der Waals surface area contributed by atoms with E-state index in [0.29, 0.717) is 25.4 Å². The van der Waals surface area contributed by atoms with Crippen LogP contribution in [0.4, 0.5) is 0 Å². The molecule has 0 saturated carbocycles. The molecule has 5 nitrogen and oxygen atoms in total. The lowest BCUT2D eigenvalue weighted by atomic mass is 10.0. The smallest absolute Gasteiger partial charge is 0.220 e. The minimum Gasteiger partial charge on any atom is -0.356 e. The Morgan fingerprint density at radius 2 is 2.33 bits per heavy atom. The standard InChI is InChI=1S/C13H24N4O/c1-11(5-8-14)3-4-13(18)15-9-6-12-7-10-16-17(12)2/h7,10-11H,3-6,8-9,14H2,1-2H3,(H,15,18). The monoisotopic (exact) mass is 252 g/mol. The number of hydrogen-bond donors (Lipinski definition) is 2. The predicted molar refractivity (Wildman–Crippen MR) is 72.0 cm³/mol. The zero-order chi connectivity index (χ0) is 13.4. The largest absolute Gasteiger partial charge is 0.356 e. The molecule has 0 aliphatic carbocycles. The van der Waals surface area contributed by atoms with Gasteiger partial charge in [-0.15, -0.1) is 0 Å². The second kappa shape index (κ2) is 7.87. The van der Waals surface area contributed by atoms with Crippen molar-refractivity contribution in [3.05, 3.63) is 18.0 Å². The third-order valence-electron chi connectivity index (χ3n) is 3.15. The molecule has 0 fully saturated rings. The number of nitrogens with zero attached hydrogens (tertiary/aromatic N) is 2. The summed E-state index contributed by atoms with van der Waals surface area (Å²) in [6.07, 6.45) is 5.08. The van der Waals surface area contributed by atoms with Crippen LogP contribution in [-0.4, -0.2) is 28.8 Å². The highest BCUT2D eigenvalue weighted by Crippen LogP contribution is 2.08. The number of nitrogens with two attached hydrogens (primary N) is 1. The number of amides is 1. The molecule has 102 valence electrons. The van der Waals surface area contributed by atoms with Crippen LogP contribution in [0.1, 0.15) is 31.9 Å². The molecule has 1 amide bonds. The summed E-state index contributed by atoms with van der Waals surface area (Å²) in [6, 6.07) is 1.97. The van der Waals surface area contributed by atoms with Gasteiger partial charge in [-0.2, -0.15) is 5.10 Å². The molecule has 1 heterocycles. The molecule has 0 aliphatic rings. The molecule has 0 spiro atoms. The molecule has 1 rings (SSSR count). The molecule has 1 unspecified atom stereocenters. The topological polar surface area (TPSA) is 72.9 Å². The summed E-state index contributed by atoms with van der Waals surface area (Å²) in [5.74, 6) is 0.652. The van der Waals surface area contributed by atoms with Crippen molar-refractivity contribution in [2.24, 2.45) is 18.7 Å². The average Bonchev–Trinajstić information content (AvgIpc) is 2.73. The van der Waals surface area contributed by atoms with E-state index < -0.39 is 0 Å². The molecule has 5 heteroatoms. The van der Waals surface area contributed by atoms with Gasteiger partial charge in [0.25, 0.3) is 0 Å². The quantitative estimate of drug-likeness (QED) is 0.720. The second-order valence-corrected chi connectivity index (χ2v) is 4.77. The maximum absolute atomic E-state index is 11.6. The van der Waals surface area contributed by atoms with Gasteiger partial charge in [-0.25, -0.2) is 0 Å². The number of aryl methyl sites for hydroxylation is 1. The van der Waals surface area contributed by atoms with Gasteiger partial charge in [0.2, 0.25) is 5.91 Å². The Labute approximate surface area is 109 Å². The summed E-state index contributed by atoms with van der Waals surface area (Å²) in [6.45, 7) is 3.50. The van der Waals surface area contributed by atoms with Crippen molar-refractivity contribution in [3.8, 4) is 0 Å². The lowest BCUT2D eigenvalue weighted by Gasteiger charge is -2.10. The molecular formula is C13H24N4O. The minimum absolute atomic E-state index is 0.126. The van der Waals surface area contributed by atoms with Crippen LogP contribution in [0.5, 0.6) is 0 Å². The number of carbonyl (C=O) groups excluding carboxylic acids is 1. The molecule has 3 N–H and O–H groups in total. The molecular weight excluding hydrogens is 228 g/mol. The SMILES string of the molecule is CC(CCN)CCC(=O)NCCc1ccnn1C. The van der Waals surface area contributed by atoms with Gasteiger partial charge >= 0.3 is 0 Å². The van der Waals surface area contributed by atoms with Gasteiger partial charge in [0.15, 0.2) is 0 Å². The summed E-state index contributed by atoms with van der Waals surface area (Å²) in [5.41, 5.74) is 6.61. The summed E-state index contributed by atoms with van der Waals surface area (Å²) >= 11 is 0. The van der Waals surface area contributed by atoms with Gasteiger partial charge in [0, 0.05) is 38.3 Å². The van der Waals surface area contributed by atoms with Crippen LogP contribution in [0.25, 0.3) is 0 Å². The van der Waals surface area contributed by atoms with Gasteiger partial charge < -0.3 is 11.1 Å². The molecule has 0 aromatic carbocycles. The Kier molecular flexibility index (Phi) is 6.43. The maximum atomic E-state index is 11.6. The van der Waals surface area contributed by atoms with E-state index >= 15 is 0 Å². The average molecular weight is 252 g/mol. The molecule has 1 atom stereocenters. The Bertz CT molecular complexity index is 362. The van der Waals surface area contributed by atoms with Crippen LogP contribution < -0.4 is 11.1 Å². The third kappa shape index (κ3) is 5.31. The summed E-state index contributed by atoms with van der Waals surface area (Å²) in [4.78, 5) is 11.6. The summed E-state index contributed by atoms with van der Waals surface area (Å²) in [5, 5.41) is 7.02. The number of rotatable bonds is 8. The lowest BCUT2D eigenvalue weighted by Crippen LogP contribution is -2.26. The van der Waals surface area contributed by atoms with Crippen molar-refractivity contribution in [1.82, 2.24) is 15.1 Å². The van der Waals surface area contributed by atoms with Gasteiger partial charge in [-0.3, -0.25) is 9.48 Å². The van der Waals surface area contributed by atoms with E-state index in [1.807, 2.05) is 17.8 Å². The molecule has 18 heavy (non-hydrogen) atoms. The van der Waals surface area contributed by atoms with Crippen molar-refractivity contribution in [2.45, 2.75) is 32.6 Å². The molecule has 0 saturated heterocycles.